The zero-order valence-electron chi connectivity index (χ0n) is 13.0. The van der Waals surface area contributed by atoms with Gasteiger partial charge in [-0.3, -0.25) is 4.99 Å². The minimum absolute atomic E-state index is 0.528. The lowest BCUT2D eigenvalue weighted by atomic mass is 9.98. The van der Waals surface area contributed by atoms with Crippen LogP contribution in [0.4, 0.5) is 0 Å². The van der Waals surface area contributed by atoms with Crippen LogP contribution in [0.2, 0.25) is 0 Å². The van der Waals surface area contributed by atoms with Crippen molar-refractivity contribution in [3.63, 3.8) is 0 Å². The summed E-state index contributed by atoms with van der Waals surface area (Å²) in [6.45, 7) is 2.86. The highest BCUT2D eigenvalue weighted by Gasteiger charge is 2.20. The molecule has 0 aromatic carbocycles. The van der Waals surface area contributed by atoms with E-state index in [0.717, 1.165) is 38.0 Å². The largest absolute Gasteiger partial charge is 0.378 e. The fourth-order valence-corrected chi connectivity index (χ4v) is 2.78. The number of rotatable bonds is 8. The van der Waals surface area contributed by atoms with Gasteiger partial charge in [0.15, 0.2) is 5.96 Å². The van der Waals surface area contributed by atoms with Crippen LogP contribution in [0.15, 0.2) is 4.99 Å². The van der Waals surface area contributed by atoms with Crippen molar-refractivity contribution >= 4 is 5.96 Å². The molecule has 0 aromatic rings. The molecule has 4 heteroatoms. The van der Waals surface area contributed by atoms with E-state index in [4.69, 9.17) is 4.74 Å². The van der Waals surface area contributed by atoms with Gasteiger partial charge < -0.3 is 15.4 Å². The minimum atomic E-state index is 0.528. The molecule has 2 aliphatic rings. The van der Waals surface area contributed by atoms with Gasteiger partial charge in [0.05, 0.1) is 6.10 Å². The maximum absolute atomic E-state index is 5.92. The van der Waals surface area contributed by atoms with E-state index in [0.29, 0.717) is 6.10 Å². The molecule has 0 saturated heterocycles. The zero-order chi connectivity index (χ0) is 14.0. The third kappa shape index (κ3) is 6.60. The minimum Gasteiger partial charge on any atom is -0.378 e. The number of hydrogen-bond acceptors (Lipinski definition) is 2. The van der Waals surface area contributed by atoms with Gasteiger partial charge in [-0.1, -0.05) is 32.1 Å². The maximum Gasteiger partial charge on any atom is 0.190 e. The summed E-state index contributed by atoms with van der Waals surface area (Å²) in [6.07, 6.45) is 12.3. The zero-order valence-corrected chi connectivity index (χ0v) is 13.0. The molecule has 2 fully saturated rings. The summed E-state index contributed by atoms with van der Waals surface area (Å²) in [5, 5.41) is 6.74. The van der Waals surface area contributed by atoms with Crippen molar-refractivity contribution in [2.75, 3.05) is 26.7 Å². The first kappa shape index (κ1) is 15.6. The number of hydrogen-bond donors (Lipinski definition) is 2. The van der Waals surface area contributed by atoms with Gasteiger partial charge in [-0.2, -0.15) is 0 Å². The Morgan fingerprint density at radius 2 is 1.80 bits per heavy atom. The van der Waals surface area contributed by atoms with Gasteiger partial charge in [0.2, 0.25) is 0 Å². The molecule has 0 atom stereocenters. The fraction of sp³-hybridized carbons (Fsp3) is 0.938. The summed E-state index contributed by atoms with van der Waals surface area (Å²) in [5.41, 5.74) is 0. The Labute approximate surface area is 123 Å². The first-order chi connectivity index (χ1) is 9.88. The van der Waals surface area contributed by atoms with Crippen molar-refractivity contribution in [3.05, 3.63) is 0 Å². The van der Waals surface area contributed by atoms with Gasteiger partial charge in [-0.05, 0) is 31.6 Å². The van der Waals surface area contributed by atoms with Gasteiger partial charge >= 0.3 is 0 Å². The molecule has 0 aromatic heterocycles. The second kappa shape index (κ2) is 9.22. The Bertz CT molecular complexity index is 283. The summed E-state index contributed by atoms with van der Waals surface area (Å²) >= 11 is 0. The van der Waals surface area contributed by atoms with Crippen LogP contribution in [0.5, 0.6) is 0 Å². The Hall–Kier alpha value is -0.770. The predicted octanol–water partition coefficient (Wildman–Crippen LogP) is 2.69. The Kier molecular flexibility index (Phi) is 7.20. The average molecular weight is 281 g/mol. The predicted molar refractivity (Wildman–Crippen MR) is 84.1 cm³/mol. The van der Waals surface area contributed by atoms with Crippen LogP contribution in [0, 0.1) is 5.92 Å². The summed E-state index contributed by atoms with van der Waals surface area (Å²) in [4.78, 5) is 4.25. The number of ether oxygens (including phenoxy) is 1. The molecular formula is C16H31N3O. The van der Waals surface area contributed by atoms with Crippen LogP contribution < -0.4 is 10.6 Å². The van der Waals surface area contributed by atoms with Gasteiger partial charge in [0.1, 0.15) is 0 Å². The van der Waals surface area contributed by atoms with E-state index in [2.05, 4.69) is 15.6 Å². The number of guanidine groups is 1. The fourth-order valence-electron chi connectivity index (χ4n) is 2.78. The normalized spacial score (nSPS) is 20.9. The van der Waals surface area contributed by atoms with Gasteiger partial charge in [-0.15, -0.1) is 0 Å². The van der Waals surface area contributed by atoms with E-state index in [1.165, 1.54) is 51.4 Å². The Morgan fingerprint density at radius 1 is 1.05 bits per heavy atom. The highest BCUT2D eigenvalue weighted by atomic mass is 16.5. The third-order valence-electron chi connectivity index (χ3n) is 4.28. The third-order valence-corrected chi connectivity index (χ3v) is 4.28. The SMILES string of the molecule is CN=C(NCCCOC1CCCCC1)NCCC1CC1. The first-order valence-corrected chi connectivity index (χ1v) is 8.44. The van der Waals surface area contributed by atoms with E-state index in [-0.39, 0.29) is 0 Å². The molecule has 2 rings (SSSR count). The van der Waals surface area contributed by atoms with E-state index in [1.807, 2.05) is 7.05 Å². The lowest BCUT2D eigenvalue weighted by Crippen LogP contribution is -2.38. The molecule has 20 heavy (non-hydrogen) atoms. The molecule has 0 bridgehead atoms. The standard InChI is InChI=1S/C16H31N3O/c1-17-16(19-12-10-14-8-9-14)18-11-5-13-20-15-6-3-2-4-7-15/h14-15H,2-13H2,1H3,(H2,17,18,19). The highest BCUT2D eigenvalue weighted by Crippen LogP contribution is 2.31. The van der Waals surface area contributed by atoms with Gasteiger partial charge in [0, 0.05) is 26.7 Å². The molecule has 2 aliphatic carbocycles. The maximum atomic E-state index is 5.92. The molecule has 2 N–H and O–H groups in total. The summed E-state index contributed by atoms with van der Waals surface area (Å²) in [6, 6.07) is 0. The number of nitrogens with zero attached hydrogens (tertiary/aromatic N) is 1. The molecule has 0 heterocycles. The van der Waals surface area contributed by atoms with Crippen molar-refractivity contribution in [1.29, 1.82) is 0 Å². The monoisotopic (exact) mass is 281 g/mol. The van der Waals surface area contributed by atoms with Gasteiger partial charge in [0.25, 0.3) is 0 Å². The smallest absolute Gasteiger partial charge is 0.190 e. The van der Waals surface area contributed by atoms with Crippen LogP contribution in [0.3, 0.4) is 0 Å². The molecule has 0 amide bonds. The Balaban J connectivity index is 1.43. The van der Waals surface area contributed by atoms with Crippen LogP contribution in [0.1, 0.15) is 57.8 Å². The molecule has 116 valence electrons. The van der Waals surface area contributed by atoms with Crippen LogP contribution in [-0.4, -0.2) is 38.8 Å². The molecule has 0 aliphatic heterocycles. The van der Waals surface area contributed by atoms with E-state index >= 15 is 0 Å². The molecule has 4 nitrogen and oxygen atoms in total. The van der Waals surface area contributed by atoms with E-state index in [1.54, 1.807) is 0 Å². The van der Waals surface area contributed by atoms with Crippen molar-refractivity contribution in [3.8, 4) is 0 Å². The molecule has 0 unspecified atom stereocenters. The summed E-state index contributed by atoms with van der Waals surface area (Å²) in [7, 11) is 1.84. The number of aliphatic imine (C=N–C) groups is 1. The van der Waals surface area contributed by atoms with Crippen molar-refractivity contribution < 1.29 is 4.74 Å². The lowest BCUT2D eigenvalue weighted by molar-refractivity contribution is 0.0277. The second-order valence-electron chi connectivity index (χ2n) is 6.14. The number of nitrogens with one attached hydrogen (secondary N) is 2. The van der Waals surface area contributed by atoms with Crippen molar-refractivity contribution in [1.82, 2.24) is 10.6 Å². The lowest BCUT2D eigenvalue weighted by Gasteiger charge is -2.22. The molecule has 2 saturated carbocycles. The van der Waals surface area contributed by atoms with Gasteiger partial charge in [-0.25, -0.2) is 0 Å². The highest BCUT2D eigenvalue weighted by molar-refractivity contribution is 5.79. The van der Waals surface area contributed by atoms with Crippen LogP contribution in [-0.2, 0) is 4.74 Å². The molecule has 0 spiro atoms. The molecule has 0 radical (unpaired) electrons. The molecular weight excluding hydrogens is 250 g/mol. The first-order valence-electron chi connectivity index (χ1n) is 8.44. The van der Waals surface area contributed by atoms with Crippen molar-refractivity contribution in [2.45, 2.75) is 63.9 Å². The average Bonchev–Trinajstić information content (AvgIpc) is 3.30. The van der Waals surface area contributed by atoms with Crippen LogP contribution >= 0.6 is 0 Å². The summed E-state index contributed by atoms with van der Waals surface area (Å²) < 4.78 is 5.92. The van der Waals surface area contributed by atoms with Crippen molar-refractivity contribution in [2.24, 2.45) is 10.9 Å². The Morgan fingerprint density at radius 3 is 2.50 bits per heavy atom. The summed E-state index contributed by atoms with van der Waals surface area (Å²) in [5.74, 6) is 1.91. The van der Waals surface area contributed by atoms with E-state index in [9.17, 15) is 0 Å². The van der Waals surface area contributed by atoms with Crippen LogP contribution in [0.25, 0.3) is 0 Å². The topological polar surface area (TPSA) is 45.7 Å². The van der Waals surface area contributed by atoms with E-state index < -0.39 is 0 Å². The quantitative estimate of drug-likeness (QED) is 0.408. The second-order valence-corrected chi connectivity index (χ2v) is 6.14.